The molecule has 7 atom stereocenters. The van der Waals surface area contributed by atoms with E-state index in [0.717, 1.165) is 47.2 Å². The average molecular weight is 457 g/mol. The number of carbonyl (C=O) groups is 1. The number of ketones is 1. The standard InChI is InChI=1S/C26H33BrO2/c1-25-12-11-22-20(21(25)9-10-24(25)29)8-5-18-14-23(28)17(15-26(18,22)2)13-16-3-6-19(27)7-4-16/h3-4,6-7,13,18,20-22,24,29H,5,8-12,14-15H2,1-2H3/b17-13-/t18-,20+,21+,22+,24-,25+,26-/m0/s1. The predicted octanol–water partition coefficient (Wildman–Crippen LogP) is 6.42. The maximum absolute atomic E-state index is 13.0. The van der Waals surface area contributed by atoms with Gasteiger partial charge in [0.1, 0.15) is 0 Å². The minimum atomic E-state index is -0.111. The monoisotopic (exact) mass is 456 g/mol. The molecule has 0 spiro atoms. The second-order valence-electron chi connectivity index (χ2n) is 10.8. The second-order valence-corrected chi connectivity index (χ2v) is 11.7. The third kappa shape index (κ3) is 3.10. The normalized spacial score (nSPS) is 45.6. The van der Waals surface area contributed by atoms with Gasteiger partial charge in [0, 0.05) is 10.9 Å². The fourth-order valence-corrected chi connectivity index (χ4v) is 8.14. The molecular weight excluding hydrogens is 424 g/mol. The van der Waals surface area contributed by atoms with Crippen LogP contribution in [0.4, 0.5) is 0 Å². The maximum Gasteiger partial charge on any atom is 0.159 e. The minimum Gasteiger partial charge on any atom is -0.393 e. The lowest BCUT2D eigenvalue weighted by molar-refractivity contribution is -0.134. The van der Waals surface area contributed by atoms with Crippen LogP contribution in [0.1, 0.15) is 70.8 Å². The lowest BCUT2D eigenvalue weighted by atomic mass is 9.45. The number of aliphatic hydroxyl groups is 1. The van der Waals surface area contributed by atoms with Crippen molar-refractivity contribution in [2.45, 2.75) is 71.3 Å². The molecular formula is C26H33BrO2. The fourth-order valence-electron chi connectivity index (χ4n) is 7.87. The van der Waals surface area contributed by atoms with Crippen molar-refractivity contribution in [3.63, 3.8) is 0 Å². The van der Waals surface area contributed by atoms with Crippen LogP contribution in [0.2, 0.25) is 0 Å². The minimum absolute atomic E-state index is 0.111. The molecule has 4 saturated carbocycles. The molecule has 4 aliphatic carbocycles. The molecule has 0 saturated heterocycles. The first kappa shape index (κ1) is 20.0. The van der Waals surface area contributed by atoms with E-state index in [4.69, 9.17) is 0 Å². The topological polar surface area (TPSA) is 37.3 Å². The fraction of sp³-hybridized carbons (Fsp3) is 0.654. The SMILES string of the molecule is C[C@]12C/C(=C/c3ccc(Br)cc3)C(=O)C[C@@H]1CC[C@H]1[C@H]2CC[C@]2(C)[C@@H]1CC[C@@H]2O. The summed E-state index contributed by atoms with van der Waals surface area (Å²) < 4.78 is 1.07. The van der Waals surface area contributed by atoms with Gasteiger partial charge < -0.3 is 5.11 Å². The molecule has 0 heterocycles. The van der Waals surface area contributed by atoms with Crippen molar-refractivity contribution in [1.29, 1.82) is 0 Å². The number of rotatable bonds is 1. The Bertz CT molecular complexity index is 843. The van der Waals surface area contributed by atoms with Crippen molar-refractivity contribution in [3.05, 3.63) is 39.9 Å². The Morgan fingerprint density at radius 2 is 1.72 bits per heavy atom. The van der Waals surface area contributed by atoms with Crippen LogP contribution in [0.5, 0.6) is 0 Å². The number of hydrogen-bond donors (Lipinski definition) is 1. The predicted molar refractivity (Wildman–Crippen MR) is 120 cm³/mol. The molecule has 29 heavy (non-hydrogen) atoms. The molecule has 0 radical (unpaired) electrons. The summed E-state index contributed by atoms with van der Waals surface area (Å²) in [7, 11) is 0. The first-order valence-corrected chi connectivity index (χ1v) is 12.3. The van der Waals surface area contributed by atoms with Crippen molar-refractivity contribution in [1.82, 2.24) is 0 Å². The summed E-state index contributed by atoms with van der Waals surface area (Å²) in [6.07, 6.45) is 10.7. The van der Waals surface area contributed by atoms with Crippen LogP contribution in [-0.4, -0.2) is 17.0 Å². The molecule has 0 amide bonds. The van der Waals surface area contributed by atoms with E-state index in [1.807, 2.05) is 12.1 Å². The number of carbonyl (C=O) groups excluding carboxylic acids is 1. The highest BCUT2D eigenvalue weighted by atomic mass is 79.9. The van der Waals surface area contributed by atoms with Gasteiger partial charge >= 0.3 is 0 Å². The number of aliphatic hydroxyl groups excluding tert-OH is 1. The summed E-state index contributed by atoms with van der Waals surface area (Å²) >= 11 is 3.50. The van der Waals surface area contributed by atoms with E-state index in [-0.39, 0.29) is 16.9 Å². The molecule has 0 aliphatic heterocycles. The van der Waals surface area contributed by atoms with Gasteiger partial charge in [-0.15, -0.1) is 0 Å². The van der Waals surface area contributed by atoms with Crippen LogP contribution in [-0.2, 0) is 4.79 Å². The lowest BCUT2D eigenvalue weighted by Crippen LogP contribution is -2.54. The van der Waals surface area contributed by atoms with Crippen LogP contribution in [0.25, 0.3) is 6.08 Å². The van der Waals surface area contributed by atoms with E-state index in [1.165, 1.54) is 25.7 Å². The van der Waals surface area contributed by atoms with Gasteiger partial charge in [-0.25, -0.2) is 0 Å². The largest absolute Gasteiger partial charge is 0.393 e. The summed E-state index contributed by atoms with van der Waals surface area (Å²) in [5.74, 6) is 3.01. The molecule has 4 aliphatic rings. The van der Waals surface area contributed by atoms with Crippen molar-refractivity contribution in [2.24, 2.45) is 34.5 Å². The summed E-state index contributed by atoms with van der Waals surface area (Å²) in [5, 5.41) is 10.7. The van der Waals surface area contributed by atoms with E-state index >= 15 is 0 Å². The highest BCUT2D eigenvalue weighted by molar-refractivity contribution is 9.10. The van der Waals surface area contributed by atoms with E-state index in [0.29, 0.717) is 23.5 Å². The van der Waals surface area contributed by atoms with Crippen LogP contribution in [0, 0.1) is 34.5 Å². The molecule has 2 nitrogen and oxygen atoms in total. The highest BCUT2D eigenvalue weighted by Gasteiger charge is 2.60. The molecule has 4 fully saturated rings. The second kappa shape index (κ2) is 7.05. The zero-order valence-electron chi connectivity index (χ0n) is 17.7. The number of hydrogen-bond acceptors (Lipinski definition) is 2. The van der Waals surface area contributed by atoms with Gasteiger partial charge in [-0.3, -0.25) is 4.79 Å². The Morgan fingerprint density at radius 1 is 1.00 bits per heavy atom. The van der Waals surface area contributed by atoms with E-state index in [2.05, 4.69) is 48.0 Å². The Kier molecular flexibility index (Phi) is 4.86. The van der Waals surface area contributed by atoms with Crippen LogP contribution >= 0.6 is 15.9 Å². The van der Waals surface area contributed by atoms with Crippen LogP contribution in [0.15, 0.2) is 34.3 Å². The molecule has 3 heteroatoms. The quantitative estimate of drug-likeness (QED) is 0.495. The molecule has 0 unspecified atom stereocenters. The Balaban J connectivity index is 1.45. The Hall–Kier alpha value is -0.930. The van der Waals surface area contributed by atoms with Gasteiger partial charge in [-0.1, -0.05) is 41.9 Å². The first-order valence-electron chi connectivity index (χ1n) is 11.5. The van der Waals surface area contributed by atoms with Crippen molar-refractivity contribution in [3.8, 4) is 0 Å². The van der Waals surface area contributed by atoms with Gasteiger partial charge in [0.15, 0.2) is 5.78 Å². The maximum atomic E-state index is 13.0. The first-order chi connectivity index (χ1) is 13.8. The summed E-state index contributed by atoms with van der Waals surface area (Å²) in [6, 6.07) is 8.28. The van der Waals surface area contributed by atoms with Crippen LogP contribution in [0.3, 0.4) is 0 Å². The molecule has 156 valence electrons. The Labute approximate surface area is 183 Å². The smallest absolute Gasteiger partial charge is 0.159 e. The molecule has 1 aromatic carbocycles. The van der Waals surface area contributed by atoms with Crippen LogP contribution < -0.4 is 0 Å². The van der Waals surface area contributed by atoms with E-state index < -0.39 is 0 Å². The number of allylic oxidation sites excluding steroid dienone is 1. The number of fused-ring (bicyclic) bond motifs is 5. The van der Waals surface area contributed by atoms with Gasteiger partial charge in [0.05, 0.1) is 6.10 Å². The molecule has 0 aromatic heterocycles. The van der Waals surface area contributed by atoms with E-state index in [9.17, 15) is 9.90 Å². The van der Waals surface area contributed by atoms with Crippen molar-refractivity contribution in [2.75, 3.05) is 0 Å². The van der Waals surface area contributed by atoms with E-state index in [1.54, 1.807) is 0 Å². The molecule has 0 bridgehead atoms. The van der Waals surface area contributed by atoms with Crippen molar-refractivity contribution < 1.29 is 9.90 Å². The zero-order valence-corrected chi connectivity index (χ0v) is 19.2. The summed E-state index contributed by atoms with van der Waals surface area (Å²) in [4.78, 5) is 13.0. The average Bonchev–Trinajstić information content (AvgIpc) is 3.00. The molecule has 1 N–H and O–H groups in total. The summed E-state index contributed by atoms with van der Waals surface area (Å²) in [5.41, 5.74) is 2.52. The zero-order chi connectivity index (χ0) is 20.4. The molecule has 5 rings (SSSR count). The van der Waals surface area contributed by atoms with Gasteiger partial charge in [-0.05, 0) is 109 Å². The summed E-state index contributed by atoms with van der Waals surface area (Å²) in [6.45, 7) is 4.84. The van der Waals surface area contributed by atoms with Gasteiger partial charge in [0.2, 0.25) is 0 Å². The number of benzene rings is 1. The molecule has 1 aromatic rings. The third-order valence-corrected chi connectivity index (χ3v) is 10.1. The lowest BCUT2D eigenvalue weighted by Gasteiger charge is -2.60. The van der Waals surface area contributed by atoms with Gasteiger partial charge in [-0.2, -0.15) is 0 Å². The van der Waals surface area contributed by atoms with Gasteiger partial charge in [0.25, 0.3) is 0 Å². The number of halogens is 1. The highest BCUT2D eigenvalue weighted by Crippen LogP contribution is 2.66. The van der Waals surface area contributed by atoms with Crippen molar-refractivity contribution >= 4 is 27.8 Å². The third-order valence-electron chi connectivity index (χ3n) is 9.59. The number of Topliss-reactive ketones (excluding diaryl/α,β-unsaturated/α-hetero) is 1. The Morgan fingerprint density at radius 3 is 2.48 bits per heavy atom.